The Bertz CT molecular complexity index is 1530. The van der Waals surface area contributed by atoms with Crippen LogP contribution in [0.25, 0.3) is 16.8 Å². The number of carbonyl (C=O) groups excluding carboxylic acids is 1. The summed E-state index contributed by atoms with van der Waals surface area (Å²) >= 11 is 0. The Hall–Kier alpha value is -4.32. The summed E-state index contributed by atoms with van der Waals surface area (Å²) in [6.45, 7) is 0.343. The first-order valence-corrected chi connectivity index (χ1v) is 12.6. The Morgan fingerprint density at radius 1 is 1.08 bits per heavy atom. The predicted molar refractivity (Wildman–Crippen MR) is 143 cm³/mol. The van der Waals surface area contributed by atoms with Gasteiger partial charge in [-0.05, 0) is 71.8 Å². The molecule has 0 aliphatic heterocycles. The molecule has 38 heavy (non-hydrogen) atoms. The number of nitriles is 1. The van der Waals surface area contributed by atoms with Crippen molar-refractivity contribution in [3.63, 3.8) is 0 Å². The molecule has 8 heteroatoms. The molecular formula is C30H29FN6O. The van der Waals surface area contributed by atoms with Crippen LogP contribution in [0.2, 0.25) is 0 Å². The lowest BCUT2D eigenvalue weighted by Crippen LogP contribution is -2.38. The molecule has 192 valence electrons. The fourth-order valence-electron chi connectivity index (χ4n) is 4.86. The third kappa shape index (κ3) is 4.94. The van der Waals surface area contributed by atoms with E-state index in [1.54, 1.807) is 30.5 Å². The minimum absolute atomic E-state index is 0.0434. The summed E-state index contributed by atoms with van der Waals surface area (Å²) in [5, 5.41) is 13.6. The predicted octanol–water partition coefficient (Wildman–Crippen LogP) is 4.50. The van der Waals surface area contributed by atoms with Crippen molar-refractivity contribution in [3.05, 3.63) is 107 Å². The zero-order chi connectivity index (χ0) is 26.9. The van der Waals surface area contributed by atoms with Crippen molar-refractivity contribution in [1.82, 2.24) is 9.78 Å². The van der Waals surface area contributed by atoms with Crippen molar-refractivity contribution < 1.29 is 9.18 Å². The molecule has 1 atom stereocenters. The van der Waals surface area contributed by atoms with Gasteiger partial charge in [0.1, 0.15) is 5.82 Å². The maximum Gasteiger partial charge on any atom is 0.269 e. The summed E-state index contributed by atoms with van der Waals surface area (Å²) in [6.07, 6.45) is 5.56. The second-order valence-electron chi connectivity index (χ2n) is 9.91. The number of amides is 1. The molecule has 0 radical (unpaired) electrons. The molecule has 0 bridgehead atoms. The van der Waals surface area contributed by atoms with Crippen LogP contribution >= 0.6 is 0 Å². The fraction of sp³-hybridized carbons (Fsp3) is 0.233. The van der Waals surface area contributed by atoms with Crippen LogP contribution in [-0.2, 0) is 12.1 Å². The van der Waals surface area contributed by atoms with Crippen LogP contribution in [0.15, 0.2) is 72.9 Å². The molecule has 4 aromatic rings. The molecular weight excluding hydrogens is 479 g/mol. The van der Waals surface area contributed by atoms with E-state index in [0.29, 0.717) is 35.7 Å². The number of halogens is 1. The summed E-state index contributed by atoms with van der Waals surface area (Å²) in [5.74, 6) is -0.644. The molecule has 5 rings (SSSR count). The highest BCUT2D eigenvalue weighted by molar-refractivity contribution is 5.98. The zero-order valence-corrected chi connectivity index (χ0v) is 20.9. The highest BCUT2D eigenvalue weighted by Gasteiger charge is 2.34. The van der Waals surface area contributed by atoms with Gasteiger partial charge in [-0.1, -0.05) is 43.2 Å². The van der Waals surface area contributed by atoms with Crippen LogP contribution < -0.4 is 17.2 Å². The highest BCUT2D eigenvalue weighted by Crippen LogP contribution is 2.41. The quantitative estimate of drug-likeness (QED) is 0.306. The Morgan fingerprint density at radius 3 is 2.47 bits per heavy atom. The van der Waals surface area contributed by atoms with E-state index in [2.05, 4.69) is 11.2 Å². The SMILES string of the molecule is N#Cc1ccc(C(N)(CCC2CC2)c2ccc(F)c(-c3cn(-c4cccc(CN)c4)nc3C(N)=O)c2)cc1. The third-order valence-corrected chi connectivity index (χ3v) is 7.30. The second-order valence-corrected chi connectivity index (χ2v) is 9.91. The normalized spacial score (nSPS) is 14.6. The van der Waals surface area contributed by atoms with Gasteiger partial charge >= 0.3 is 0 Å². The molecule has 1 amide bonds. The number of rotatable bonds is 9. The van der Waals surface area contributed by atoms with Crippen molar-refractivity contribution in [2.24, 2.45) is 23.1 Å². The molecule has 1 aliphatic rings. The molecule has 3 aromatic carbocycles. The van der Waals surface area contributed by atoms with Gasteiger partial charge in [0.2, 0.25) is 0 Å². The van der Waals surface area contributed by atoms with Gasteiger partial charge in [0, 0.05) is 23.9 Å². The number of nitrogens with two attached hydrogens (primary N) is 3. The Morgan fingerprint density at radius 2 is 1.82 bits per heavy atom. The first-order valence-electron chi connectivity index (χ1n) is 12.6. The summed E-state index contributed by atoms with van der Waals surface area (Å²) in [4.78, 5) is 12.4. The number of aromatic nitrogens is 2. The molecule has 6 N–H and O–H groups in total. The Kier molecular flexibility index (Phi) is 6.81. The lowest BCUT2D eigenvalue weighted by atomic mass is 9.78. The Balaban J connectivity index is 1.62. The molecule has 7 nitrogen and oxygen atoms in total. The van der Waals surface area contributed by atoms with Gasteiger partial charge < -0.3 is 17.2 Å². The van der Waals surface area contributed by atoms with Gasteiger partial charge in [-0.15, -0.1) is 0 Å². The van der Waals surface area contributed by atoms with Crippen LogP contribution in [0, 0.1) is 23.1 Å². The van der Waals surface area contributed by atoms with E-state index in [-0.39, 0.29) is 16.8 Å². The number of hydrogen-bond acceptors (Lipinski definition) is 5. The molecule has 0 spiro atoms. The van der Waals surface area contributed by atoms with E-state index in [1.165, 1.54) is 23.6 Å². The zero-order valence-electron chi connectivity index (χ0n) is 20.9. The molecule has 1 saturated carbocycles. The number of carbonyl (C=O) groups is 1. The summed E-state index contributed by atoms with van der Waals surface area (Å²) in [7, 11) is 0. The highest BCUT2D eigenvalue weighted by atomic mass is 19.1. The maximum atomic E-state index is 15.4. The molecule has 1 fully saturated rings. The average Bonchev–Trinajstić information content (AvgIpc) is 3.67. The van der Waals surface area contributed by atoms with Crippen molar-refractivity contribution in [2.75, 3.05) is 0 Å². The van der Waals surface area contributed by atoms with Crippen LogP contribution in [-0.4, -0.2) is 15.7 Å². The van der Waals surface area contributed by atoms with Gasteiger partial charge in [-0.3, -0.25) is 4.79 Å². The molecule has 1 aromatic heterocycles. The monoisotopic (exact) mass is 508 g/mol. The van der Waals surface area contributed by atoms with Crippen molar-refractivity contribution in [2.45, 2.75) is 37.8 Å². The average molecular weight is 509 g/mol. The number of primary amides is 1. The topological polar surface area (TPSA) is 137 Å². The van der Waals surface area contributed by atoms with Gasteiger partial charge in [0.25, 0.3) is 5.91 Å². The molecule has 1 aliphatic carbocycles. The van der Waals surface area contributed by atoms with E-state index in [4.69, 9.17) is 17.2 Å². The fourth-order valence-corrected chi connectivity index (χ4v) is 4.86. The second kappa shape index (κ2) is 10.2. The minimum atomic E-state index is -0.919. The van der Waals surface area contributed by atoms with E-state index in [0.717, 1.165) is 17.5 Å². The summed E-state index contributed by atoms with van der Waals surface area (Å²) in [5.41, 5.74) is 21.7. The summed E-state index contributed by atoms with van der Waals surface area (Å²) < 4.78 is 16.9. The van der Waals surface area contributed by atoms with Crippen molar-refractivity contribution >= 4 is 5.91 Å². The lowest BCUT2D eigenvalue weighted by molar-refractivity contribution is 0.0995. The molecule has 1 heterocycles. The largest absolute Gasteiger partial charge is 0.364 e. The van der Waals surface area contributed by atoms with Crippen LogP contribution in [0.4, 0.5) is 4.39 Å². The number of nitrogens with zero attached hydrogens (tertiary/aromatic N) is 3. The maximum absolute atomic E-state index is 15.4. The number of hydrogen-bond donors (Lipinski definition) is 3. The van der Waals surface area contributed by atoms with Crippen LogP contribution in [0.3, 0.4) is 0 Å². The smallest absolute Gasteiger partial charge is 0.269 e. The van der Waals surface area contributed by atoms with E-state index >= 15 is 4.39 Å². The van der Waals surface area contributed by atoms with E-state index in [1.807, 2.05) is 36.4 Å². The lowest BCUT2D eigenvalue weighted by Gasteiger charge is -2.31. The minimum Gasteiger partial charge on any atom is -0.364 e. The van der Waals surface area contributed by atoms with Crippen LogP contribution in [0.1, 0.15) is 58.4 Å². The Labute approximate surface area is 220 Å². The van der Waals surface area contributed by atoms with Gasteiger partial charge in [0.15, 0.2) is 5.69 Å². The van der Waals surface area contributed by atoms with Crippen molar-refractivity contribution in [1.29, 1.82) is 5.26 Å². The van der Waals surface area contributed by atoms with E-state index in [9.17, 15) is 10.1 Å². The number of benzene rings is 3. The van der Waals surface area contributed by atoms with Gasteiger partial charge in [-0.25, -0.2) is 9.07 Å². The summed E-state index contributed by atoms with van der Waals surface area (Å²) in [6, 6.07) is 21.4. The molecule has 0 saturated heterocycles. The molecule has 1 unspecified atom stereocenters. The third-order valence-electron chi connectivity index (χ3n) is 7.30. The van der Waals surface area contributed by atoms with Gasteiger partial charge in [-0.2, -0.15) is 10.4 Å². The first kappa shape index (κ1) is 25.3. The standard InChI is InChI=1S/C30H29FN6O/c31-27-11-10-23(30(35,13-12-19-4-5-19)22-8-6-20(16-32)7-9-22)15-25(27)26-18-37(36-28(26)29(34)38)24-3-1-2-21(14-24)17-33/h1-3,6-11,14-15,18-19H,4-5,12-13,17,33,35H2,(H2,34,38). The van der Waals surface area contributed by atoms with Crippen molar-refractivity contribution in [3.8, 4) is 22.9 Å². The van der Waals surface area contributed by atoms with Gasteiger partial charge in [0.05, 0.1) is 22.9 Å². The van der Waals surface area contributed by atoms with Crippen LogP contribution in [0.5, 0.6) is 0 Å². The first-order chi connectivity index (χ1) is 18.3. The van der Waals surface area contributed by atoms with E-state index < -0.39 is 17.3 Å².